The number of hydrogen-bond acceptors (Lipinski definition) is 3. The first-order valence-corrected chi connectivity index (χ1v) is 2.05. The molecule has 0 aromatic heterocycles. The van der Waals surface area contributed by atoms with E-state index in [1.54, 1.807) is 0 Å². The molecule has 0 saturated carbocycles. The first kappa shape index (κ1) is 22.6. The maximum absolute atomic E-state index is 8.63. The summed E-state index contributed by atoms with van der Waals surface area (Å²) < 4.78 is 32.8. The monoisotopic (exact) mass is 568 g/mol. The van der Waals surface area contributed by atoms with Crippen molar-refractivity contribution in [3.63, 3.8) is 0 Å². The van der Waals surface area contributed by atoms with E-state index in [4.69, 9.17) is 17.5 Å². The van der Waals surface area contributed by atoms with Gasteiger partial charge in [0.15, 0.2) is 0 Å². The molecule has 0 aliphatic carbocycles. The second kappa shape index (κ2) is 10.7. The second-order valence-electron chi connectivity index (χ2n) is 0.428. The smallest absolute Gasteiger partial charge is 0.215 e. The molecule has 4 nitrogen and oxygen atoms in total. The van der Waals surface area contributed by atoms with Crippen molar-refractivity contribution >= 4 is 108 Å². The van der Waals surface area contributed by atoms with Crippen molar-refractivity contribution in [2.45, 2.75) is 0 Å². The Morgan fingerprint density at radius 1 is 1.25 bits per heavy atom. The Bertz CT molecular complexity index is 97.2. The van der Waals surface area contributed by atoms with Gasteiger partial charge in [-0.1, -0.05) is 0 Å². The maximum atomic E-state index is 8.63. The molecule has 0 fully saturated rings. The fourth-order valence-electron chi connectivity index (χ4n) is 0. The largest absolute Gasteiger partial charge is 0.726 e. The van der Waals surface area contributed by atoms with Gasteiger partial charge < -0.3 is 4.55 Å². The van der Waals surface area contributed by atoms with Crippen LogP contribution in [-0.2, 0) is 31.5 Å². The van der Waals surface area contributed by atoms with E-state index in [2.05, 4.69) is 0 Å². The van der Waals surface area contributed by atoms with Crippen LogP contribution in [0.15, 0.2) is 0 Å². The molecule has 8 heteroatoms. The van der Waals surface area contributed by atoms with E-state index < -0.39 is 10.4 Å². The Morgan fingerprint density at radius 3 is 1.25 bits per heavy atom. The Balaban J connectivity index is -0.0000000267. The third-order valence-corrected chi connectivity index (χ3v) is 0. The molecule has 0 aliphatic rings. The van der Waals surface area contributed by atoms with Crippen molar-refractivity contribution in [1.82, 2.24) is 0 Å². The molecule has 0 heterocycles. The van der Waals surface area contributed by atoms with Gasteiger partial charge in [-0.3, -0.25) is 4.55 Å². The fraction of sp³-hybridized carbons (Fsp3) is 0. The fourth-order valence-corrected chi connectivity index (χ4v) is 0. The molecular formula is HBa2O4PtS-. The van der Waals surface area contributed by atoms with Crippen LogP contribution in [0.3, 0.4) is 0 Å². The van der Waals surface area contributed by atoms with Gasteiger partial charge in [-0.05, 0) is 0 Å². The second-order valence-corrected chi connectivity index (χ2v) is 1.28. The van der Waals surface area contributed by atoms with Crippen molar-refractivity contribution in [3.05, 3.63) is 0 Å². The molecular weight excluding hydrogens is 566 g/mol. The summed E-state index contributed by atoms with van der Waals surface area (Å²) >= 11 is 0. The summed E-state index contributed by atoms with van der Waals surface area (Å²) in [6, 6.07) is 0. The van der Waals surface area contributed by atoms with Crippen LogP contribution in [-0.4, -0.2) is 115 Å². The molecule has 4 radical (unpaired) electrons. The predicted octanol–water partition coefficient (Wildman–Crippen LogP) is -1.76. The predicted molar refractivity (Wildman–Crippen MR) is 23.8 cm³/mol. The van der Waals surface area contributed by atoms with Gasteiger partial charge in [0.25, 0.3) is 0 Å². The van der Waals surface area contributed by atoms with Gasteiger partial charge in [-0.15, -0.1) is 0 Å². The minimum Gasteiger partial charge on any atom is -0.726 e. The van der Waals surface area contributed by atoms with Crippen molar-refractivity contribution in [1.29, 1.82) is 0 Å². The molecule has 1 N–H and O–H groups in total. The summed E-state index contributed by atoms with van der Waals surface area (Å²) in [5, 5.41) is 0. The van der Waals surface area contributed by atoms with Crippen molar-refractivity contribution in [2.75, 3.05) is 0 Å². The molecule has 0 atom stereocenters. The van der Waals surface area contributed by atoms with Crippen LogP contribution < -0.4 is 0 Å². The zero-order chi connectivity index (χ0) is 4.50. The van der Waals surface area contributed by atoms with E-state index in [-0.39, 0.29) is 119 Å². The molecule has 0 saturated heterocycles. The van der Waals surface area contributed by atoms with Crippen LogP contribution in [0.4, 0.5) is 0 Å². The van der Waals surface area contributed by atoms with E-state index in [1.165, 1.54) is 0 Å². The van der Waals surface area contributed by atoms with E-state index in [9.17, 15) is 0 Å². The standard InChI is InChI=1S/2Ba.H2O4S.Pt/c;;1-5(2,3)4;/h;;(H2,1,2,3,4);/p-1. The summed E-state index contributed by atoms with van der Waals surface area (Å²) in [5.41, 5.74) is 0. The molecule has 0 amide bonds. The van der Waals surface area contributed by atoms with Gasteiger partial charge in [0, 0.05) is 119 Å². The average molecular weight is 567 g/mol. The van der Waals surface area contributed by atoms with E-state index in [1.807, 2.05) is 0 Å². The Hall–Kier alpha value is 3.70. The van der Waals surface area contributed by atoms with Crippen LogP contribution in [0.1, 0.15) is 0 Å². The minimum absolute atomic E-state index is 0. The Kier molecular flexibility index (Phi) is 30.2. The molecule has 8 heavy (non-hydrogen) atoms. The van der Waals surface area contributed by atoms with E-state index in [0.29, 0.717) is 0 Å². The van der Waals surface area contributed by atoms with E-state index >= 15 is 0 Å². The van der Waals surface area contributed by atoms with Gasteiger partial charge in [0.2, 0.25) is 10.4 Å². The summed E-state index contributed by atoms with van der Waals surface area (Å²) in [7, 11) is -4.92. The minimum atomic E-state index is -4.92. The zero-order valence-electron chi connectivity index (χ0n) is 3.81. The molecule has 0 bridgehead atoms. The van der Waals surface area contributed by atoms with Crippen LogP contribution in [0.5, 0.6) is 0 Å². The van der Waals surface area contributed by atoms with Crippen molar-refractivity contribution < 1.29 is 38.6 Å². The Morgan fingerprint density at radius 2 is 1.25 bits per heavy atom. The van der Waals surface area contributed by atoms with Gasteiger partial charge in [0.05, 0.1) is 0 Å². The van der Waals surface area contributed by atoms with Gasteiger partial charge >= 0.3 is 0 Å². The molecule has 0 aromatic carbocycles. The van der Waals surface area contributed by atoms with Gasteiger partial charge in [-0.2, -0.15) is 0 Å². The normalized spacial score (nSPS) is 7.25. The van der Waals surface area contributed by atoms with Crippen LogP contribution >= 0.6 is 0 Å². The first-order valence-electron chi connectivity index (χ1n) is 0.683. The molecule has 46 valence electrons. The summed E-state index contributed by atoms with van der Waals surface area (Å²) in [6.45, 7) is 0. The average Bonchev–Trinajstić information content (AvgIpc) is 0.722. The summed E-state index contributed by atoms with van der Waals surface area (Å²) in [4.78, 5) is 0. The molecule has 0 spiro atoms. The van der Waals surface area contributed by atoms with E-state index in [0.717, 1.165) is 0 Å². The summed E-state index contributed by atoms with van der Waals surface area (Å²) in [5.74, 6) is 0. The zero-order valence-corrected chi connectivity index (χ0v) is 15.8. The number of rotatable bonds is 0. The third-order valence-electron chi connectivity index (χ3n) is 0. The quantitative estimate of drug-likeness (QED) is 0.214. The topological polar surface area (TPSA) is 77.4 Å². The van der Waals surface area contributed by atoms with Crippen LogP contribution in [0, 0.1) is 0 Å². The summed E-state index contributed by atoms with van der Waals surface area (Å²) in [6.07, 6.45) is 0. The van der Waals surface area contributed by atoms with Gasteiger partial charge in [-0.25, -0.2) is 8.42 Å². The first-order chi connectivity index (χ1) is 2.00. The van der Waals surface area contributed by atoms with Crippen molar-refractivity contribution in [2.24, 2.45) is 0 Å². The number of hydrogen-bond donors (Lipinski definition) is 1. The van der Waals surface area contributed by atoms with Gasteiger partial charge in [0.1, 0.15) is 0 Å². The van der Waals surface area contributed by atoms with Crippen LogP contribution in [0.2, 0.25) is 0 Å². The van der Waals surface area contributed by atoms with Crippen LogP contribution in [0.25, 0.3) is 0 Å². The van der Waals surface area contributed by atoms with Crippen molar-refractivity contribution in [3.8, 4) is 0 Å². The maximum Gasteiger partial charge on any atom is 0.215 e. The molecule has 0 aliphatic heterocycles. The third kappa shape index (κ3) is 53.6. The molecule has 0 unspecified atom stereocenters. The SMILES string of the molecule is O=S(=O)([O-])O.[Ba].[Ba].[Pt]. The molecule has 0 aromatic rings. The molecule has 0 rings (SSSR count). The Labute approximate surface area is 143 Å².